The van der Waals surface area contributed by atoms with Gasteiger partial charge in [0.15, 0.2) is 5.82 Å². The summed E-state index contributed by atoms with van der Waals surface area (Å²) < 4.78 is 19.8. The van der Waals surface area contributed by atoms with Crippen molar-refractivity contribution in [2.75, 3.05) is 24.6 Å². The van der Waals surface area contributed by atoms with E-state index in [1.807, 2.05) is 18.5 Å². The number of aryl methyl sites for hydroxylation is 1. The molecule has 2 aliphatic rings. The molecule has 3 aromatic heterocycles. The molecule has 0 aromatic carbocycles. The predicted molar refractivity (Wildman–Crippen MR) is 112 cm³/mol. The molecule has 6 nitrogen and oxygen atoms in total. The molecule has 1 aliphatic carbocycles. The quantitative estimate of drug-likeness (QED) is 0.596. The fourth-order valence-electron chi connectivity index (χ4n) is 4.39. The van der Waals surface area contributed by atoms with Crippen LogP contribution in [-0.4, -0.2) is 39.6 Å². The summed E-state index contributed by atoms with van der Waals surface area (Å²) >= 11 is 0. The van der Waals surface area contributed by atoms with Crippen molar-refractivity contribution in [2.45, 2.75) is 19.8 Å². The zero-order valence-corrected chi connectivity index (χ0v) is 16.9. The normalized spacial score (nSPS) is 22.1. The fraction of sp³-hybridized carbons (Fsp3) is 0.391. The Morgan fingerprint density at radius 3 is 2.50 bits per heavy atom. The number of pyridine rings is 2. The number of aromatic nitrogens is 4. The minimum atomic E-state index is -0.377. The Morgan fingerprint density at radius 1 is 1.03 bits per heavy atom. The second-order valence-electron chi connectivity index (χ2n) is 8.08. The van der Waals surface area contributed by atoms with Gasteiger partial charge in [0, 0.05) is 43.2 Å². The second kappa shape index (κ2) is 7.97. The van der Waals surface area contributed by atoms with E-state index in [9.17, 15) is 4.39 Å². The molecule has 5 rings (SSSR count). The van der Waals surface area contributed by atoms with Crippen molar-refractivity contribution in [1.29, 1.82) is 0 Å². The SMILES string of the molecule is CCCc1cnc(N2CC3[C@@H](COc4ccc(-c5ccncc5F)nc4)[C@@H]3C2)nc1. The van der Waals surface area contributed by atoms with Crippen LogP contribution >= 0.6 is 0 Å². The average molecular weight is 405 g/mol. The van der Waals surface area contributed by atoms with Gasteiger partial charge in [0.05, 0.1) is 24.7 Å². The van der Waals surface area contributed by atoms with Gasteiger partial charge in [-0.05, 0) is 42.0 Å². The van der Waals surface area contributed by atoms with Gasteiger partial charge in [0.25, 0.3) is 0 Å². The Labute approximate surface area is 175 Å². The zero-order chi connectivity index (χ0) is 20.5. The Kier molecular flexibility index (Phi) is 5.02. The van der Waals surface area contributed by atoms with E-state index in [0.717, 1.165) is 31.9 Å². The van der Waals surface area contributed by atoms with Gasteiger partial charge in [-0.1, -0.05) is 13.3 Å². The van der Waals surface area contributed by atoms with E-state index in [1.165, 1.54) is 11.8 Å². The van der Waals surface area contributed by atoms with Crippen molar-refractivity contribution < 1.29 is 9.13 Å². The summed E-state index contributed by atoms with van der Waals surface area (Å²) in [6, 6.07) is 5.25. The molecule has 4 heterocycles. The molecule has 2 fully saturated rings. The number of rotatable bonds is 7. The maximum absolute atomic E-state index is 13.8. The van der Waals surface area contributed by atoms with Crippen LogP contribution < -0.4 is 9.64 Å². The first-order valence-electron chi connectivity index (χ1n) is 10.5. The van der Waals surface area contributed by atoms with E-state index in [2.05, 4.69) is 31.8 Å². The van der Waals surface area contributed by atoms with E-state index in [4.69, 9.17) is 4.74 Å². The van der Waals surface area contributed by atoms with Crippen LogP contribution in [0.1, 0.15) is 18.9 Å². The van der Waals surface area contributed by atoms with E-state index < -0.39 is 0 Å². The lowest BCUT2D eigenvalue weighted by atomic mass is 10.2. The monoisotopic (exact) mass is 405 g/mol. The third kappa shape index (κ3) is 3.72. The first-order valence-corrected chi connectivity index (χ1v) is 10.5. The third-order valence-corrected chi connectivity index (χ3v) is 6.11. The van der Waals surface area contributed by atoms with Gasteiger partial charge < -0.3 is 9.64 Å². The maximum atomic E-state index is 13.8. The topological polar surface area (TPSA) is 64.0 Å². The summed E-state index contributed by atoms with van der Waals surface area (Å²) in [5, 5.41) is 0. The van der Waals surface area contributed by atoms with Crippen LogP contribution in [0.2, 0.25) is 0 Å². The average Bonchev–Trinajstić information content (AvgIpc) is 3.22. The molecule has 1 unspecified atom stereocenters. The maximum Gasteiger partial charge on any atom is 0.225 e. The third-order valence-electron chi connectivity index (χ3n) is 6.11. The summed E-state index contributed by atoms with van der Waals surface area (Å²) in [7, 11) is 0. The van der Waals surface area contributed by atoms with Crippen molar-refractivity contribution in [2.24, 2.45) is 17.8 Å². The number of halogens is 1. The molecule has 3 atom stereocenters. The predicted octanol–water partition coefficient (Wildman–Crippen LogP) is 3.79. The Morgan fingerprint density at radius 2 is 1.83 bits per heavy atom. The molecular formula is C23H24FN5O. The van der Waals surface area contributed by atoms with Crippen LogP contribution in [0.5, 0.6) is 5.75 Å². The van der Waals surface area contributed by atoms with Crippen LogP contribution in [0.3, 0.4) is 0 Å². The summed E-state index contributed by atoms with van der Waals surface area (Å²) in [5.41, 5.74) is 2.22. The molecule has 0 bridgehead atoms. The minimum Gasteiger partial charge on any atom is -0.492 e. The Balaban J connectivity index is 1.12. The number of hydrogen-bond acceptors (Lipinski definition) is 6. The number of ether oxygens (including phenoxy) is 1. The van der Waals surface area contributed by atoms with Gasteiger partial charge in [-0.3, -0.25) is 9.97 Å². The number of piperidine rings is 1. The van der Waals surface area contributed by atoms with Crippen molar-refractivity contribution in [3.05, 3.63) is 60.6 Å². The molecule has 0 amide bonds. The number of nitrogens with zero attached hydrogens (tertiary/aromatic N) is 5. The molecule has 7 heteroatoms. The van der Waals surface area contributed by atoms with Gasteiger partial charge >= 0.3 is 0 Å². The first kappa shape index (κ1) is 18.9. The first-order chi connectivity index (χ1) is 14.7. The zero-order valence-electron chi connectivity index (χ0n) is 16.9. The van der Waals surface area contributed by atoms with Crippen molar-refractivity contribution in [3.63, 3.8) is 0 Å². The van der Waals surface area contributed by atoms with Gasteiger partial charge in [-0.25, -0.2) is 14.4 Å². The lowest BCUT2D eigenvalue weighted by Gasteiger charge is -2.19. The van der Waals surface area contributed by atoms with Crippen LogP contribution in [-0.2, 0) is 6.42 Å². The molecular weight excluding hydrogens is 381 g/mol. The molecule has 1 saturated heterocycles. The number of hydrogen-bond donors (Lipinski definition) is 0. The van der Waals surface area contributed by atoms with Gasteiger partial charge in [-0.2, -0.15) is 0 Å². The van der Waals surface area contributed by atoms with E-state index in [-0.39, 0.29) is 5.82 Å². The van der Waals surface area contributed by atoms with Gasteiger partial charge in [0.1, 0.15) is 5.75 Å². The molecule has 0 radical (unpaired) electrons. The molecule has 154 valence electrons. The molecule has 30 heavy (non-hydrogen) atoms. The van der Waals surface area contributed by atoms with E-state index >= 15 is 0 Å². The van der Waals surface area contributed by atoms with Crippen molar-refractivity contribution in [1.82, 2.24) is 19.9 Å². The second-order valence-corrected chi connectivity index (χ2v) is 8.08. The van der Waals surface area contributed by atoms with Crippen LogP contribution in [0.4, 0.5) is 10.3 Å². The molecule has 0 spiro atoms. The lowest BCUT2D eigenvalue weighted by Crippen LogP contribution is -2.27. The number of fused-ring (bicyclic) bond motifs is 1. The molecule has 0 N–H and O–H groups in total. The smallest absolute Gasteiger partial charge is 0.225 e. The van der Waals surface area contributed by atoms with Crippen molar-refractivity contribution >= 4 is 5.95 Å². The van der Waals surface area contributed by atoms with Gasteiger partial charge in [0.2, 0.25) is 5.95 Å². The highest BCUT2D eigenvalue weighted by Crippen LogP contribution is 2.52. The molecule has 1 aliphatic heterocycles. The highest BCUT2D eigenvalue weighted by molar-refractivity contribution is 5.59. The van der Waals surface area contributed by atoms with Gasteiger partial charge in [-0.15, -0.1) is 0 Å². The van der Waals surface area contributed by atoms with Crippen LogP contribution in [0.15, 0.2) is 49.2 Å². The summed E-state index contributed by atoms with van der Waals surface area (Å²) in [5.74, 6) is 3.02. The highest BCUT2D eigenvalue weighted by Gasteiger charge is 2.56. The van der Waals surface area contributed by atoms with E-state index in [0.29, 0.717) is 41.4 Å². The Hall–Kier alpha value is -3.09. The van der Waals surface area contributed by atoms with E-state index in [1.54, 1.807) is 24.5 Å². The van der Waals surface area contributed by atoms with Crippen LogP contribution in [0.25, 0.3) is 11.3 Å². The largest absolute Gasteiger partial charge is 0.492 e. The fourth-order valence-corrected chi connectivity index (χ4v) is 4.39. The summed E-state index contributed by atoms with van der Waals surface area (Å²) in [4.78, 5) is 19.5. The molecule has 1 saturated carbocycles. The lowest BCUT2D eigenvalue weighted by molar-refractivity contribution is 0.282. The van der Waals surface area contributed by atoms with Crippen LogP contribution in [0, 0.1) is 23.6 Å². The minimum absolute atomic E-state index is 0.377. The Bertz CT molecular complexity index is 999. The standard InChI is InChI=1S/C23H24FN5O/c1-2-3-15-8-27-23(28-9-15)29-12-18-19(13-29)20(18)14-30-16-4-5-22(26-10-16)17-6-7-25-11-21(17)24/h4-11,18-20H,2-3,12-14H2,1H3/t18-,19?,20+/m1/s1. The molecule has 3 aromatic rings. The highest BCUT2D eigenvalue weighted by atomic mass is 19.1. The number of anilines is 1. The van der Waals surface area contributed by atoms with Crippen molar-refractivity contribution in [3.8, 4) is 17.0 Å². The summed E-state index contributed by atoms with van der Waals surface area (Å²) in [6.07, 6.45) is 10.4. The summed E-state index contributed by atoms with van der Waals surface area (Å²) in [6.45, 7) is 4.83.